The average Bonchev–Trinajstić information content (AvgIpc) is 2.93. The van der Waals surface area contributed by atoms with E-state index in [1.807, 2.05) is 87.5 Å². The van der Waals surface area contributed by atoms with E-state index in [4.69, 9.17) is 0 Å². The van der Waals surface area contributed by atoms with Crippen LogP contribution in [-0.2, 0) is 32.6 Å². The third kappa shape index (κ3) is 10.0. The number of benzene rings is 3. The molecule has 41 heavy (non-hydrogen) atoms. The molecule has 0 spiro atoms. The van der Waals surface area contributed by atoms with E-state index in [-0.39, 0.29) is 37.4 Å². The lowest BCUT2D eigenvalue weighted by atomic mass is 10.0. The van der Waals surface area contributed by atoms with Gasteiger partial charge in [-0.15, -0.1) is 0 Å². The normalized spacial score (nSPS) is 12.8. The second-order valence-corrected chi connectivity index (χ2v) is 13.3. The first kappa shape index (κ1) is 32.3. The van der Waals surface area contributed by atoms with Crippen molar-refractivity contribution in [2.75, 3.05) is 17.1 Å². The number of amides is 2. The zero-order valence-electron chi connectivity index (χ0n) is 24.2. The summed E-state index contributed by atoms with van der Waals surface area (Å²) in [5.74, 6) is -0.411. The third-order valence-electron chi connectivity index (χ3n) is 6.99. The monoisotopic (exact) mass is 641 g/mol. The Balaban J connectivity index is 1.89. The fourth-order valence-electron chi connectivity index (χ4n) is 4.54. The SMILES string of the molecule is CC[C@H](C)NC(=O)[C@@H](Cc1ccccc1)N(Cc1cccc(Br)c1)C(=O)CCCN(c1ccc(C)cc1)S(C)(=O)=O. The van der Waals surface area contributed by atoms with E-state index in [0.717, 1.165) is 27.6 Å². The van der Waals surface area contributed by atoms with Crippen molar-refractivity contribution in [1.29, 1.82) is 0 Å². The number of anilines is 1. The average molecular weight is 643 g/mol. The molecule has 0 bridgehead atoms. The molecule has 0 saturated heterocycles. The molecule has 220 valence electrons. The van der Waals surface area contributed by atoms with Gasteiger partial charge in [-0.05, 0) is 62.1 Å². The summed E-state index contributed by atoms with van der Waals surface area (Å²) in [5.41, 5.74) is 3.43. The van der Waals surface area contributed by atoms with Gasteiger partial charge in [0, 0.05) is 36.4 Å². The minimum atomic E-state index is -3.55. The standard InChI is InChI=1S/C32H40BrN3O4S/c1-5-25(3)34-32(38)30(22-26-11-7-6-8-12-26)35(23-27-13-9-14-28(33)21-27)31(37)15-10-20-36(41(4,39)40)29-18-16-24(2)17-19-29/h6-9,11-14,16-19,21,25,30H,5,10,15,20,22-23H2,1-4H3,(H,34,38)/t25-,30+/m0/s1. The number of hydrogen-bond acceptors (Lipinski definition) is 4. The van der Waals surface area contributed by atoms with E-state index in [9.17, 15) is 18.0 Å². The van der Waals surface area contributed by atoms with E-state index in [2.05, 4.69) is 21.2 Å². The van der Waals surface area contributed by atoms with Gasteiger partial charge < -0.3 is 10.2 Å². The minimum Gasteiger partial charge on any atom is -0.352 e. The van der Waals surface area contributed by atoms with Crippen LogP contribution in [-0.4, -0.2) is 50.0 Å². The molecule has 0 aliphatic heterocycles. The van der Waals surface area contributed by atoms with Crippen molar-refractivity contribution in [3.8, 4) is 0 Å². The molecule has 2 atom stereocenters. The zero-order valence-corrected chi connectivity index (χ0v) is 26.6. The largest absolute Gasteiger partial charge is 0.352 e. The van der Waals surface area contributed by atoms with Gasteiger partial charge in [0.25, 0.3) is 0 Å². The lowest BCUT2D eigenvalue weighted by Crippen LogP contribution is -2.52. The molecule has 1 N–H and O–H groups in total. The number of halogens is 1. The fourth-order valence-corrected chi connectivity index (χ4v) is 5.95. The number of nitrogens with one attached hydrogen (secondary N) is 1. The van der Waals surface area contributed by atoms with E-state index in [0.29, 0.717) is 18.5 Å². The highest BCUT2D eigenvalue weighted by molar-refractivity contribution is 9.10. The van der Waals surface area contributed by atoms with Crippen LogP contribution in [0.25, 0.3) is 0 Å². The number of carbonyl (C=O) groups is 2. The number of hydrogen-bond donors (Lipinski definition) is 1. The van der Waals surface area contributed by atoms with Crippen LogP contribution in [0.2, 0.25) is 0 Å². The number of nitrogens with zero attached hydrogens (tertiary/aromatic N) is 2. The molecule has 3 aromatic carbocycles. The minimum absolute atomic E-state index is 0.0403. The Morgan fingerprint density at radius 1 is 0.951 bits per heavy atom. The zero-order chi connectivity index (χ0) is 30.0. The topological polar surface area (TPSA) is 86.8 Å². The van der Waals surface area contributed by atoms with E-state index >= 15 is 0 Å². The molecule has 0 aliphatic carbocycles. The van der Waals surface area contributed by atoms with Crippen LogP contribution in [0, 0.1) is 6.92 Å². The maximum absolute atomic E-state index is 13.9. The number of rotatable bonds is 14. The van der Waals surface area contributed by atoms with Gasteiger partial charge in [-0.2, -0.15) is 0 Å². The number of carbonyl (C=O) groups excluding carboxylic acids is 2. The molecule has 3 aromatic rings. The van der Waals surface area contributed by atoms with Crippen LogP contribution in [0.4, 0.5) is 5.69 Å². The van der Waals surface area contributed by atoms with Crippen molar-refractivity contribution >= 4 is 43.5 Å². The smallest absolute Gasteiger partial charge is 0.243 e. The lowest BCUT2D eigenvalue weighted by Gasteiger charge is -2.32. The van der Waals surface area contributed by atoms with Gasteiger partial charge >= 0.3 is 0 Å². The Hall–Kier alpha value is -3.17. The number of sulfonamides is 1. The second-order valence-electron chi connectivity index (χ2n) is 10.4. The van der Waals surface area contributed by atoms with Crippen LogP contribution >= 0.6 is 15.9 Å². The van der Waals surface area contributed by atoms with Crippen molar-refractivity contribution in [1.82, 2.24) is 10.2 Å². The summed E-state index contributed by atoms with van der Waals surface area (Å²) in [7, 11) is -3.55. The quantitative estimate of drug-likeness (QED) is 0.239. The molecular weight excluding hydrogens is 602 g/mol. The molecule has 0 unspecified atom stereocenters. The fraction of sp³-hybridized carbons (Fsp3) is 0.375. The first-order valence-corrected chi connectivity index (χ1v) is 16.5. The van der Waals surface area contributed by atoms with E-state index in [1.54, 1.807) is 17.0 Å². The van der Waals surface area contributed by atoms with Crippen molar-refractivity contribution in [2.24, 2.45) is 0 Å². The highest BCUT2D eigenvalue weighted by atomic mass is 79.9. The van der Waals surface area contributed by atoms with Crippen LogP contribution in [0.3, 0.4) is 0 Å². The maximum atomic E-state index is 13.9. The highest BCUT2D eigenvalue weighted by Crippen LogP contribution is 2.21. The molecule has 0 radical (unpaired) electrons. The summed E-state index contributed by atoms with van der Waals surface area (Å²) >= 11 is 3.51. The first-order chi connectivity index (χ1) is 19.5. The number of aryl methyl sites for hydroxylation is 1. The van der Waals surface area contributed by atoms with E-state index in [1.165, 1.54) is 10.6 Å². The molecule has 0 heterocycles. The summed E-state index contributed by atoms with van der Waals surface area (Å²) < 4.78 is 27.4. The van der Waals surface area contributed by atoms with E-state index < -0.39 is 16.1 Å². The second kappa shape index (κ2) is 15.2. The Labute approximate surface area is 253 Å². The Kier molecular flexibility index (Phi) is 12.0. The van der Waals surface area contributed by atoms with Gasteiger partial charge in [0.2, 0.25) is 21.8 Å². The Bertz CT molecular complexity index is 1400. The summed E-state index contributed by atoms with van der Waals surface area (Å²) in [6.45, 7) is 6.29. The molecule has 0 aliphatic rings. The highest BCUT2D eigenvalue weighted by Gasteiger charge is 2.31. The molecule has 7 nitrogen and oxygen atoms in total. The van der Waals surface area contributed by atoms with Gasteiger partial charge in [0.05, 0.1) is 11.9 Å². The van der Waals surface area contributed by atoms with Crippen molar-refractivity contribution in [3.63, 3.8) is 0 Å². The lowest BCUT2D eigenvalue weighted by molar-refractivity contribution is -0.141. The summed E-state index contributed by atoms with van der Waals surface area (Å²) in [6.07, 6.45) is 2.70. The van der Waals surface area contributed by atoms with Gasteiger partial charge in [-0.1, -0.05) is 83.0 Å². The predicted molar refractivity (Wildman–Crippen MR) is 169 cm³/mol. The van der Waals surface area contributed by atoms with Gasteiger partial charge in [0.15, 0.2) is 0 Å². The summed E-state index contributed by atoms with van der Waals surface area (Å²) in [6, 6.07) is 23.9. The molecule has 0 saturated carbocycles. The van der Waals surface area contributed by atoms with Crippen molar-refractivity contribution < 1.29 is 18.0 Å². The summed E-state index contributed by atoms with van der Waals surface area (Å²) in [4.78, 5) is 29.2. The van der Waals surface area contributed by atoms with Gasteiger partial charge in [-0.3, -0.25) is 13.9 Å². The third-order valence-corrected chi connectivity index (χ3v) is 8.68. The molecule has 0 fully saturated rings. The Morgan fingerprint density at radius 3 is 2.22 bits per heavy atom. The van der Waals surface area contributed by atoms with Crippen LogP contribution < -0.4 is 9.62 Å². The molecule has 3 rings (SSSR count). The van der Waals surface area contributed by atoms with Crippen LogP contribution in [0.1, 0.15) is 49.8 Å². The van der Waals surface area contributed by atoms with Gasteiger partial charge in [0.1, 0.15) is 6.04 Å². The Morgan fingerprint density at radius 2 is 1.61 bits per heavy atom. The molecular formula is C32H40BrN3O4S. The van der Waals surface area contributed by atoms with Crippen LogP contribution in [0.15, 0.2) is 83.3 Å². The van der Waals surface area contributed by atoms with Crippen molar-refractivity contribution in [2.45, 2.75) is 65.1 Å². The van der Waals surface area contributed by atoms with Gasteiger partial charge in [-0.25, -0.2) is 8.42 Å². The summed E-state index contributed by atoms with van der Waals surface area (Å²) in [5, 5.41) is 3.07. The van der Waals surface area contributed by atoms with Crippen molar-refractivity contribution in [3.05, 3.63) is 100 Å². The van der Waals surface area contributed by atoms with Crippen LogP contribution in [0.5, 0.6) is 0 Å². The molecule has 9 heteroatoms. The molecule has 0 aromatic heterocycles. The predicted octanol–water partition coefficient (Wildman–Crippen LogP) is 5.86. The maximum Gasteiger partial charge on any atom is 0.243 e. The first-order valence-electron chi connectivity index (χ1n) is 13.9. The molecule has 2 amide bonds.